The van der Waals surface area contributed by atoms with Gasteiger partial charge in [0.2, 0.25) is 0 Å². The molecule has 4 nitrogen and oxygen atoms in total. The third-order valence-corrected chi connectivity index (χ3v) is 4.78. The van der Waals surface area contributed by atoms with E-state index in [1.165, 1.54) is 0 Å². The predicted molar refractivity (Wildman–Crippen MR) is 101 cm³/mol. The van der Waals surface area contributed by atoms with Crippen molar-refractivity contribution >= 4 is 5.91 Å². The molecule has 1 aliphatic rings. The molecule has 0 spiro atoms. The maximum absolute atomic E-state index is 12.5. The third-order valence-electron chi connectivity index (χ3n) is 4.78. The minimum atomic E-state index is 0.0748. The number of amides is 1. The van der Waals surface area contributed by atoms with Gasteiger partial charge in [-0.3, -0.25) is 4.79 Å². The number of likely N-dealkylation sites (tertiary alicyclic amines) is 1. The molecule has 2 aromatic carbocycles. The average Bonchev–Trinajstić information content (AvgIpc) is 2.68. The number of piperidine rings is 1. The fraction of sp³-hybridized carbons (Fsp3) is 0.381. The standard InChI is InChI=1S/C21H26N2O2/c1-22-15-17-11-13-23(14-12-17)21(24)16-25-20-10-6-5-9-19(20)18-7-3-2-4-8-18/h2-10,17,22H,11-16H2,1H3. The zero-order valence-electron chi connectivity index (χ0n) is 14.8. The summed E-state index contributed by atoms with van der Waals surface area (Å²) < 4.78 is 5.88. The number of benzene rings is 2. The molecule has 3 rings (SSSR count). The SMILES string of the molecule is CNCC1CCN(C(=O)COc2ccccc2-c2ccccc2)CC1. The lowest BCUT2D eigenvalue weighted by Crippen LogP contribution is -2.42. The van der Waals surface area contributed by atoms with Crippen LogP contribution in [0.4, 0.5) is 0 Å². The topological polar surface area (TPSA) is 41.6 Å². The zero-order chi connectivity index (χ0) is 17.5. The van der Waals surface area contributed by atoms with Gasteiger partial charge >= 0.3 is 0 Å². The number of carbonyl (C=O) groups is 1. The van der Waals surface area contributed by atoms with Crippen molar-refractivity contribution in [1.82, 2.24) is 10.2 Å². The smallest absolute Gasteiger partial charge is 0.260 e. The first-order valence-corrected chi connectivity index (χ1v) is 8.97. The molecule has 1 saturated heterocycles. The maximum Gasteiger partial charge on any atom is 0.260 e. The molecule has 0 radical (unpaired) electrons. The minimum Gasteiger partial charge on any atom is -0.483 e. The summed E-state index contributed by atoms with van der Waals surface area (Å²) in [6.07, 6.45) is 2.13. The monoisotopic (exact) mass is 338 g/mol. The lowest BCUT2D eigenvalue weighted by atomic mass is 9.97. The highest BCUT2D eigenvalue weighted by atomic mass is 16.5. The van der Waals surface area contributed by atoms with Crippen molar-refractivity contribution in [3.8, 4) is 16.9 Å². The van der Waals surface area contributed by atoms with Crippen molar-refractivity contribution in [2.75, 3.05) is 33.3 Å². The highest BCUT2D eigenvalue weighted by Gasteiger charge is 2.22. The van der Waals surface area contributed by atoms with Crippen LogP contribution in [0, 0.1) is 5.92 Å². The van der Waals surface area contributed by atoms with E-state index in [4.69, 9.17) is 4.74 Å². The van der Waals surface area contributed by atoms with E-state index >= 15 is 0 Å². The molecular formula is C21H26N2O2. The molecule has 1 amide bonds. The highest BCUT2D eigenvalue weighted by Crippen LogP contribution is 2.29. The van der Waals surface area contributed by atoms with Crippen LogP contribution in [0.25, 0.3) is 11.1 Å². The lowest BCUT2D eigenvalue weighted by Gasteiger charge is -2.32. The van der Waals surface area contributed by atoms with E-state index in [-0.39, 0.29) is 12.5 Å². The zero-order valence-corrected chi connectivity index (χ0v) is 14.8. The van der Waals surface area contributed by atoms with Crippen LogP contribution in [0.1, 0.15) is 12.8 Å². The summed E-state index contributed by atoms with van der Waals surface area (Å²) in [5.74, 6) is 1.51. The number of rotatable bonds is 6. The van der Waals surface area contributed by atoms with Gasteiger partial charge in [-0.2, -0.15) is 0 Å². The van der Waals surface area contributed by atoms with Crippen molar-refractivity contribution in [3.63, 3.8) is 0 Å². The van der Waals surface area contributed by atoms with Gasteiger partial charge in [-0.15, -0.1) is 0 Å². The number of nitrogens with one attached hydrogen (secondary N) is 1. The van der Waals surface area contributed by atoms with Crippen molar-refractivity contribution < 1.29 is 9.53 Å². The van der Waals surface area contributed by atoms with Gasteiger partial charge in [0.05, 0.1) is 0 Å². The van der Waals surface area contributed by atoms with E-state index in [0.29, 0.717) is 5.92 Å². The molecule has 1 N–H and O–H groups in total. The second-order valence-corrected chi connectivity index (χ2v) is 6.53. The minimum absolute atomic E-state index is 0.0748. The highest BCUT2D eigenvalue weighted by molar-refractivity contribution is 5.78. The molecule has 0 aliphatic carbocycles. The van der Waals surface area contributed by atoms with Crippen LogP contribution in [0.15, 0.2) is 54.6 Å². The Morgan fingerprint density at radius 2 is 1.76 bits per heavy atom. The molecule has 132 valence electrons. The van der Waals surface area contributed by atoms with Crippen LogP contribution < -0.4 is 10.1 Å². The van der Waals surface area contributed by atoms with E-state index in [1.54, 1.807) is 0 Å². The van der Waals surface area contributed by atoms with Gasteiger partial charge < -0.3 is 15.0 Å². The second kappa shape index (κ2) is 8.67. The van der Waals surface area contributed by atoms with Crippen molar-refractivity contribution in [2.24, 2.45) is 5.92 Å². The van der Waals surface area contributed by atoms with Crippen LogP contribution in [0.2, 0.25) is 0 Å². The normalized spacial score (nSPS) is 15.2. The first kappa shape index (κ1) is 17.5. The summed E-state index contributed by atoms with van der Waals surface area (Å²) in [4.78, 5) is 14.4. The molecule has 0 aromatic heterocycles. The molecule has 2 aromatic rings. The lowest BCUT2D eigenvalue weighted by molar-refractivity contribution is -0.134. The molecule has 0 atom stereocenters. The summed E-state index contributed by atoms with van der Waals surface area (Å²) in [6, 6.07) is 18.0. The van der Waals surface area contributed by atoms with Gasteiger partial charge in [0.15, 0.2) is 6.61 Å². The maximum atomic E-state index is 12.5. The number of hydrogen-bond acceptors (Lipinski definition) is 3. The van der Waals surface area contributed by atoms with Crippen LogP contribution in [-0.2, 0) is 4.79 Å². The largest absolute Gasteiger partial charge is 0.483 e. The first-order valence-electron chi connectivity index (χ1n) is 8.97. The van der Waals surface area contributed by atoms with Gasteiger partial charge in [-0.1, -0.05) is 48.5 Å². The van der Waals surface area contributed by atoms with Crippen molar-refractivity contribution in [1.29, 1.82) is 0 Å². The number of para-hydroxylation sites is 1. The van der Waals surface area contributed by atoms with E-state index < -0.39 is 0 Å². The Bertz CT molecular complexity index is 679. The summed E-state index contributed by atoms with van der Waals surface area (Å²) in [5.41, 5.74) is 2.11. The second-order valence-electron chi connectivity index (χ2n) is 6.53. The molecule has 1 aliphatic heterocycles. The summed E-state index contributed by atoms with van der Waals surface area (Å²) in [5, 5.41) is 3.22. The number of carbonyl (C=O) groups excluding carboxylic acids is 1. The van der Waals surface area contributed by atoms with E-state index in [1.807, 2.05) is 54.4 Å². The number of nitrogens with zero attached hydrogens (tertiary/aromatic N) is 1. The Labute approximate surface area is 149 Å². The fourth-order valence-electron chi connectivity index (χ4n) is 3.35. The Morgan fingerprint density at radius 3 is 2.48 bits per heavy atom. The van der Waals surface area contributed by atoms with Gasteiger partial charge in [0.25, 0.3) is 5.91 Å². The van der Waals surface area contributed by atoms with Gasteiger partial charge in [0.1, 0.15) is 5.75 Å². The Hall–Kier alpha value is -2.33. The molecule has 1 heterocycles. The number of ether oxygens (including phenoxy) is 1. The molecule has 4 heteroatoms. The summed E-state index contributed by atoms with van der Waals surface area (Å²) in [7, 11) is 1.98. The molecule has 25 heavy (non-hydrogen) atoms. The number of hydrogen-bond donors (Lipinski definition) is 1. The fourth-order valence-corrected chi connectivity index (χ4v) is 3.35. The Morgan fingerprint density at radius 1 is 1.08 bits per heavy atom. The third kappa shape index (κ3) is 4.60. The van der Waals surface area contributed by atoms with E-state index in [0.717, 1.165) is 49.4 Å². The molecule has 0 bridgehead atoms. The summed E-state index contributed by atoms with van der Waals surface area (Å²) in [6.45, 7) is 2.78. The molecule has 0 unspecified atom stereocenters. The van der Waals surface area contributed by atoms with Gasteiger partial charge in [-0.05, 0) is 44.0 Å². The van der Waals surface area contributed by atoms with Gasteiger partial charge in [0, 0.05) is 18.7 Å². The quantitative estimate of drug-likeness (QED) is 0.879. The van der Waals surface area contributed by atoms with Crippen molar-refractivity contribution in [2.45, 2.75) is 12.8 Å². The average molecular weight is 338 g/mol. The Balaban J connectivity index is 1.58. The van der Waals surface area contributed by atoms with Crippen LogP contribution >= 0.6 is 0 Å². The van der Waals surface area contributed by atoms with E-state index in [2.05, 4.69) is 17.4 Å². The van der Waals surface area contributed by atoms with Crippen molar-refractivity contribution in [3.05, 3.63) is 54.6 Å². The molecule has 1 fully saturated rings. The Kier molecular flexibility index (Phi) is 6.07. The van der Waals surface area contributed by atoms with Crippen LogP contribution in [-0.4, -0.2) is 44.1 Å². The first-order chi connectivity index (χ1) is 12.3. The van der Waals surface area contributed by atoms with E-state index in [9.17, 15) is 4.79 Å². The van der Waals surface area contributed by atoms with Crippen LogP contribution in [0.3, 0.4) is 0 Å². The molecule has 0 saturated carbocycles. The van der Waals surface area contributed by atoms with Gasteiger partial charge in [-0.25, -0.2) is 0 Å². The predicted octanol–water partition coefficient (Wildman–Crippen LogP) is 3.19. The summed E-state index contributed by atoms with van der Waals surface area (Å²) >= 11 is 0. The molecular weight excluding hydrogens is 312 g/mol. The van der Waals surface area contributed by atoms with Crippen LogP contribution in [0.5, 0.6) is 5.75 Å².